The van der Waals surface area contributed by atoms with Crippen LogP contribution in [0.3, 0.4) is 0 Å². The molecule has 5 N–H and O–H groups in total. The number of carboxylic acid groups (broad SMARTS) is 1. The van der Waals surface area contributed by atoms with Gasteiger partial charge in [-0.15, -0.1) is 11.8 Å². The second kappa shape index (κ2) is 21.9. The average molecular weight is 633 g/mol. The predicted molar refractivity (Wildman–Crippen MR) is 168 cm³/mol. The highest BCUT2D eigenvalue weighted by Gasteiger charge is 2.57. The summed E-state index contributed by atoms with van der Waals surface area (Å²) in [6, 6.07) is -0.727. The van der Waals surface area contributed by atoms with E-state index in [1.807, 2.05) is 0 Å². The van der Waals surface area contributed by atoms with Crippen molar-refractivity contribution in [1.29, 1.82) is 0 Å². The van der Waals surface area contributed by atoms with Crippen LogP contribution in [0.4, 0.5) is 4.79 Å². The van der Waals surface area contributed by atoms with Gasteiger partial charge in [0.15, 0.2) is 0 Å². The van der Waals surface area contributed by atoms with Crippen LogP contribution in [0.2, 0.25) is 0 Å². The average Bonchev–Trinajstić information content (AvgIpc) is 3.50. The fraction of sp³-hybridized carbons (Fsp3) is 0.862. The van der Waals surface area contributed by atoms with Crippen LogP contribution in [0, 0.1) is 0 Å². The summed E-state index contributed by atoms with van der Waals surface area (Å²) in [6.45, 7) is 2.30. The molecule has 13 heteroatoms. The van der Waals surface area contributed by atoms with Gasteiger partial charge in [0, 0.05) is 31.7 Å². The third-order valence-electron chi connectivity index (χ3n) is 7.64. The summed E-state index contributed by atoms with van der Waals surface area (Å²) in [5, 5.41) is 20.5. The molecule has 0 aromatic heterocycles. The first-order chi connectivity index (χ1) is 20.4. The van der Waals surface area contributed by atoms with Gasteiger partial charge < -0.3 is 35.8 Å². The van der Waals surface area contributed by atoms with Gasteiger partial charge >= 0.3 is 12.0 Å². The van der Waals surface area contributed by atoms with E-state index < -0.39 is 10.7 Å². The Hall–Kier alpha value is -1.70. The molecule has 0 bridgehead atoms. The van der Waals surface area contributed by atoms with Gasteiger partial charge in [0.25, 0.3) is 0 Å². The van der Waals surface area contributed by atoms with E-state index in [0.717, 1.165) is 18.6 Å². The fourth-order valence-electron chi connectivity index (χ4n) is 5.35. The van der Waals surface area contributed by atoms with E-state index in [1.165, 1.54) is 56.7 Å². The van der Waals surface area contributed by atoms with E-state index in [4.69, 9.17) is 14.6 Å². The molecule has 3 atom stereocenters. The molecule has 4 amide bonds. The highest BCUT2D eigenvalue weighted by Crippen LogP contribution is 2.44. The maximum absolute atomic E-state index is 13.2. The first-order valence-corrected chi connectivity index (χ1v) is 17.2. The van der Waals surface area contributed by atoms with Gasteiger partial charge in [-0.1, -0.05) is 51.4 Å². The van der Waals surface area contributed by atoms with E-state index in [0.29, 0.717) is 71.0 Å². The van der Waals surface area contributed by atoms with E-state index in [1.54, 1.807) is 0 Å². The maximum Gasteiger partial charge on any atom is 0.315 e. The van der Waals surface area contributed by atoms with Crippen molar-refractivity contribution in [3.05, 3.63) is 0 Å². The SMILES string of the molecule is O=C(O)CCCC[C@]1(C(=O)NCCOCCOCCNC(=O)CCCCCCCCCCCS)SC[C@@H]2NC(=O)N[C@@H]21. The molecule has 2 heterocycles. The van der Waals surface area contributed by atoms with E-state index in [9.17, 15) is 19.2 Å². The summed E-state index contributed by atoms with van der Waals surface area (Å²) in [5.74, 6) is 0.659. The Morgan fingerprint density at radius 3 is 2.07 bits per heavy atom. The minimum Gasteiger partial charge on any atom is -0.481 e. The van der Waals surface area contributed by atoms with Crippen LogP contribution < -0.4 is 21.3 Å². The lowest BCUT2D eigenvalue weighted by Crippen LogP contribution is -2.56. The van der Waals surface area contributed by atoms with Crippen molar-refractivity contribution in [2.75, 3.05) is 51.0 Å². The maximum atomic E-state index is 13.2. The van der Waals surface area contributed by atoms with E-state index in [-0.39, 0.29) is 36.3 Å². The molecule has 242 valence electrons. The number of carbonyl (C=O) groups is 4. The number of carbonyl (C=O) groups excluding carboxylic acids is 3. The Morgan fingerprint density at radius 1 is 0.833 bits per heavy atom. The molecule has 11 nitrogen and oxygen atoms in total. The quantitative estimate of drug-likeness (QED) is 0.0483. The zero-order valence-electron chi connectivity index (χ0n) is 25.0. The molecule has 0 spiro atoms. The minimum absolute atomic E-state index is 0.0568. The first-order valence-electron chi connectivity index (χ1n) is 15.6. The summed E-state index contributed by atoms with van der Waals surface area (Å²) in [6.07, 6.45) is 13.0. The lowest BCUT2D eigenvalue weighted by molar-refractivity contribution is -0.137. The number of thiol groups is 1. The van der Waals surface area contributed by atoms with Gasteiger partial charge in [-0.2, -0.15) is 12.6 Å². The number of rotatable bonds is 26. The Morgan fingerprint density at radius 2 is 1.43 bits per heavy atom. The summed E-state index contributed by atoms with van der Waals surface area (Å²) in [4.78, 5) is 47.9. The highest BCUT2D eigenvalue weighted by atomic mass is 32.2. The van der Waals surface area contributed by atoms with Crippen LogP contribution >= 0.6 is 24.4 Å². The van der Waals surface area contributed by atoms with Crippen molar-refractivity contribution < 1.29 is 33.8 Å². The van der Waals surface area contributed by atoms with Crippen molar-refractivity contribution in [2.45, 2.75) is 107 Å². The van der Waals surface area contributed by atoms with Crippen molar-refractivity contribution in [1.82, 2.24) is 21.3 Å². The summed E-state index contributed by atoms with van der Waals surface area (Å²) in [5.41, 5.74) is 0. The summed E-state index contributed by atoms with van der Waals surface area (Å²) < 4.78 is 10.3. The standard InChI is InChI=1S/C29H52N4O7S2/c34-24(12-8-6-4-2-1-3-5-7-11-21-41)30-15-17-39-19-20-40-18-16-31-27(37)29(14-10-9-13-25(35)36)26-23(22-42-29)32-28(38)33-26/h23,26,41H,1-22H2,(H,30,34)(H,31,37)(H,35,36)(H2,32,33,38)/t23-,26-,29-/m0/s1. The molecule has 2 aliphatic rings. The normalized spacial score (nSPS) is 21.0. The molecule has 0 saturated carbocycles. The van der Waals surface area contributed by atoms with Crippen LogP contribution in [0.5, 0.6) is 0 Å². The van der Waals surface area contributed by atoms with Gasteiger partial charge in [-0.25, -0.2) is 4.79 Å². The topological polar surface area (TPSA) is 155 Å². The van der Waals surface area contributed by atoms with Crippen LogP contribution in [-0.4, -0.2) is 96.8 Å². The molecule has 0 aliphatic carbocycles. The van der Waals surface area contributed by atoms with Gasteiger partial charge in [-0.05, 0) is 31.4 Å². The largest absolute Gasteiger partial charge is 0.481 e. The molecule has 2 rings (SSSR count). The fourth-order valence-corrected chi connectivity index (χ4v) is 7.22. The second-order valence-electron chi connectivity index (χ2n) is 11.0. The number of aliphatic carboxylic acids is 1. The first kappa shape index (κ1) is 36.5. The molecular weight excluding hydrogens is 580 g/mol. The summed E-state index contributed by atoms with van der Waals surface area (Å²) in [7, 11) is 0. The molecule has 0 aromatic rings. The van der Waals surface area contributed by atoms with Gasteiger partial charge in [0.2, 0.25) is 11.8 Å². The Kier molecular flexibility index (Phi) is 19.0. The molecule has 42 heavy (non-hydrogen) atoms. The van der Waals surface area contributed by atoms with Crippen molar-refractivity contribution in [3.63, 3.8) is 0 Å². The molecule has 0 radical (unpaired) electrons. The Labute approximate surface area is 260 Å². The van der Waals surface area contributed by atoms with Crippen LogP contribution in [-0.2, 0) is 23.9 Å². The summed E-state index contributed by atoms with van der Waals surface area (Å²) >= 11 is 5.75. The molecule has 2 saturated heterocycles. The number of amides is 4. The van der Waals surface area contributed by atoms with Crippen LogP contribution in [0.1, 0.15) is 89.9 Å². The van der Waals surface area contributed by atoms with Gasteiger partial charge in [0.1, 0.15) is 4.75 Å². The van der Waals surface area contributed by atoms with Crippen molar-refractivity contribution in [3.8, 4) is 0 Å². The number of ether oxygens (including phenoxy) is 2. The molecule has 2 fully saturated rings. The van der Waals surface area contributed by atoms with Gasteiger partial charge in [-0.3, -0.25) is 14.4 Å². The monoisotopic (exact) mass is 632 g/mol. The number of fused-ring (bicyclic) bond motifs is 1. The van der Waals surface area contributed by atoms with Crippen molar-refractivity contribution in [2.24, 2.45) is 0 Å². The van der Waals surface area contributed by atoms with Crippen LogP contribution in [0.25, 0.3) is 0 Å². The number of urea groups is 1. The van der Waals surface area contributed by atoms with E-state index in [2.05, 4.69) is 33.9 Å². The second-order valence-corrected chi connectivity index (χ2v) is 12.8. The molecule has 2 aliphatic heterocycles. The predicted octanol–water partition coefficient (Wildman–Crippen LogP) is 3.26. The molecular formula is C29H52N4O7S2. The van der Waals surface area contributed by atoms with E-state index >= 15 is 0 Å². The number of hydrogen-bond acceptors (Lipinski definition) is 8. The number of hydrogen-bond donors (Lipinski definition) is 6. The zero-order chi connectivity index (χ0) is 30.5. The number of carboxylic acids is 1. The van der Waals surface area contributed by atoms with Crippen molar-refractivity contribution >= 4 is 48.2 Å². The van der Waals surface area contributed by atoms with Crippen LogP contribution in [0.15, 0.2) is 0 Å². The zero-order valence-corrected chi connectivity index (χ0v) is 26.7. The minimum atomic E-state index is -0.856. The number of thioether (sulfide) groups is 1. The number of nitrogens with one attached hydrogen (secondary N) is 4. The lowest BCUT2D eigenvalue weighted by atomic mass is 9.88. The van der Waals surface area contributed by atoms with Gasteiger partial charge in [0.05, 0.1) is 38.5 Å². The molecule has 0 aromatic carbocycles. The molecule has 0 unspecified atom stereocenters. The lowest BCUT2D eigenvalue weighted by Gasteiger charge is -2.32. The Balaban J connectivity index is 1.46. The third-order valence-corrected chi connectivity index (χ3v) is 9.64. The third kappa shape index (κ3) is 14.2. The smallest absolute Gasteiger partial charge is 0.315 e. The highest BCUT2D eigenvalue weighted by molar-refractivity contribution is 8.01. The Bertz CT molecular complexity index is 823. The number of unbranched alkanes of at least 4 members (excludes halogenated alkanes) is 9.